The van der Waals surface area contributed by atoms with Gasteiger partial charge in [0.2, 0.25) is 5.91 Å². The van der Waals surface area contributed by atoms with Gasteiger partial charge in [0.15, 0.2) is 11.5 Å². The van der Waals surface area contributed by atoms with Gasteiger partial charge in [-0.1, -0.05) is 12.1 Å². The molecule has 2 heterocycles. The average molecular weight is 483 g/mol. The number of carbonyl (C=O) groups is 1. The summed E-state index contributed by atoms with van der Waals surface area (Å²) in [5.41, 5.74) is 0.0385. The van der Waals surface area contributed by atoms with Crippen LogP contribution in [-0.4, -0.2) is 62.6 Å². The van der Waals surface area contributed by atoms with Crippen LogP contribution in [0.5, 0.6) is 11.5 Å². The highest BCUT2D eigenvalue weighted by Crippen LogP contribution is 2.34. The molecule has 1 saturated heterocycles. The molecule has 0 aromatic heterocycles. The Hall–Kier alpha value is -2.43. The molecule has 1 amide bonds. The van der Waals surface area contributed by atoms with Crippen LogP contribution in [0.25, 0.3) is 0 Å². The summed E-state index contributed by atoms with van der Waals surface area (Å²) >= 11 is 1.38. The van der Waals surface area contributed by atoms with Crippen LogP contribution in [0.3, 0.4) is 0 Å². The number of nitrogens with zero attached hydrogens (tertiary/aromatic N) is 1. The Bertz CT molecular complexity index is 950. The van der Waals surface area contributed by atoms with Gasteiger partial charge >= 0.3 is 6.18 Å². The maximum atomic E-state index is 12.9. The first kappa shape index (κ1) is 23.7. The smallest absolute Gasteiger partial charge is 0.416 e. The molecule has 0 radical (unpaired) electrons. The van der Waals surface area contributed by atoms with E-state index in [4.69, 9.17) is 14.2 Å². The molecule has 6 nitrogen and oxygen atoms in total. The van der Waals surface area contributed by atoms with E-state index in [9.17, 15) is 18.0 Å². The molecule has 0 aliphatic carbocycles. The second kappa shape index (κ2) is 10.7. The van der Waals surface area contributed by atoms with Crippen LogP contribution in [0.4, 0.5) is 13.2 Å². The minimum atomic E-state index is -4.38. The van der Waals surface area contributed by atoms with Crippen LogP contribution in [-0.2, 0) is 15.7 Å². The maximum absolute atomic E-state index is 12.9. The number of morpholine rings is 1. The fraction of sp³-hybridized carbons (Fsp3) is 0.435. The average Bonchev–Trinajstić information content (AvgIpc) is 2.83. The topological polar surface area (TPSA) is 60.0 Å². The molecule has 0 spiro atoms. The third-order valence-corrected chi connectivity index (χ3v) is 6.48. The number of thioether (sulfide) groups is 1. The SMILES string of the molecule is O=C(CSc1ccc2c(c1)OCCO2)NCC(c1ccc(C(F)(F)F)cc1)N1CCOCC1. The first-order valence-corrected chi connectivity index (χ1v) is 11.7. The van der Waals surface area contributed by atoms with Gasteiger partial charge in [-0.3, -0.25) is 9.69 Å². The quantitative estimate of drug-likeness (QED) is 0.607. The first-order chi connectivity index (χ1) is 15.9. The van der Waals surface area contributed by atoms with E-state index in [0.29, 0.717) is 57.6 Å². The van der Waals surface area contributed by atoms with Gasteiger partial charge in [0.1, 0.15) is 13.2 Å². The number of hydrogen-bond acceptors (Lipinski definition) is 6. The van der Waals surface area contributed by atoms with Crippen LogP contribution in [0.2, 0.25) is 0 Å². The molecule has 1 N–H and O–H groups in total. The Kier molecular flexibility index (Phi) is 7.67. The van der Waals surface area contributed by atoms with Crippen LogP contribution in [0, 0.1) is 0 Å². The lowest BCUT2D eigenvalue weighted by atomic mass is 10.0. The summed E-state index contributed by atoms with van der Waals surface area (Å²) in [5.74, 6) is 1.42. The van der Waals surface area contributed by atoms with Crippen LogP contribution >= 0.6 is 11.8 Å². The molecule has 2 aromatic rings. The van der Waals surface area contributed by atoms with E-state index in [-0.39, 0.29) is 17.7 Å². The van der Waals surface area contributed by atoms with Crippen molar-refractivity contribution in [2.24, 2.45) is 0 Å². The highest BCUT2D eigenvalue weighted by molar-refractivity contribution is 8.00. The lowest BCUT2D eigenvalue weighted by Gasteiger charge is -2.35. The third kappa shape index (κ3) is 6.33. The zero-order valence-corrected chi connectivity index (χ0v) is 18.7. The van der Waals surface area contributed by atoms with E-state index < -0.39 is 11.7 Å². The van der Waals surface area contributed by atoms with Crippen LogP contribution < -0.4 is 14.8 Å². The summed E-state index contributed by atoms with van der Waals surface area (Å²) in [5, 5.41) is 2.94. The number of rotatable bonds is 7. The van der Waals surface area contributed by atoms with Crippen molar-refractivity contribution in [2.75, 3.05) is 51.8 Å². The van der Waals surface area contributed by atoms with Crippen molar-refractivity contribution >= 4 is 17.7 Å². The van der Waals surface area contributed by atoms with Gasteiger partial charge in [0.25, 0.3) is 0 Å². The van der Waals surface area contributed by atoms with Gasteiger partial charge in [0, 0.05) is 24.5 Å². The second-order valence-electron chi connectivity index (χ2n) is 7.68. The van der Waals surface area contributed by atoms with Crippen molar-refractivity contribution in [1.82, 2.24) is 10.2 Å². The molecule has 10 heteroatoms. The Balaban J connectivity index is 1.36. The van der Waals surface area contributed by atoms with Crippen molar-refractivity contribution in [2.45, 2.75) is 17.1 Å². The van der Waals surface area contributed by atoms with Gasteiger partial charge in [-0.05, 0) is 35.9 Å². The minimum absolute atomic E-state index is 0.153. The Morgan fingerprint density at radius 2 is 1.70 bits per heavy atom. The number of benzene rings is 2. The van der Waals surface area contributed by atoms with Gasteiger partial charge < -0.3 is 19.5 Å². The Morgan fingerprint density at radius 1 is 1.00 bits per heavy atom. The fourth-order valence-electron chi connectivity index (χ4n) is 3.77. The van der Waals surface area contributed by atoms with Crippen molar-refractivity contribution in [3.05, 3.63) is 53.6 Å². The second-order valence-corrected chi connectivity index (χ2v) is 8.73. The predicted octanol–water partition coefficient (Wildman–Crippen LogP) is 3.76. The van der Waals surface area contributed by atoms with Gasteiger partial charge in [-0.2, -0.15) is 13.2 Å². The number of halogens is 3. The van der Waals surface area contributed by atoms with Gasteiger partial charge in [-0.15, -0.1) is 11.8 Å². The largest absolute Gasteiger partial charge is 0.486 e. The standard InChI is InChI=1S/C23H25F3N2O4S/c24-23(25,26)17-3-1-16(2-4-17)19(28-7-9-30-10-8-28)14-27-22(29)15-33-18-5-6-20-21(13-18)32-12-11-31-20/h1-6,13,19H,7-12,14-15H2,(H,27,29). The number of ether oxygens (including phenoxy) is 3. The van der Waals surface area contributed by atoms with Crippen molar-refractivity contribution < 1.29 is 32.2 Å². The number of amides is 1. The van der Waals surface area contributed by atoms with Crippen molar-refractivity contribution in [1.29, 1.82) is 0 Å². The summed E-state index contributed by atoms with van der Waals surface area (Å²) in [6.45, 7) is 3.70. The minimum Gasteiger partial charge on any atom is -0.486 e. The first-order valence-electron chi connectivity index (χ1n) is 10.7. The monoisotopic (exact) mass is 482 g/mol. The van der Waals surface area contributed by atoms with Crippen LogP contribution in [0.1, 0.15) is 17.2 Å². The number of nitrogens with one attached hydrogen (secondary N) is 1. The third-order valence-electron chi connectivity index (χ3n) is 5.49. The molecule has 1 unspecified atom stereocenters. The van der Waals surface area contributed by atoms with E-state index in [2.05, 4.69) is 10.2 Å². The maximum Gasteiger partial charge on any atom is 0.416 e. The van der Waals surface area contributed by atoms with Crippen LogP contribution in [0.15, 0.2) is 47.4 Å². The van der Waals surface area contributed by atoms with E-state index >= 15 is 0 Å². The number of hydrogen-bond donors (Lipinski definition) is 1. The molecule has 0 saturated carbocycles. The van der Waals surface area contributed by atoms with E-state index in [1.54, 1.807) is 0 Å². The molecular formula is C23H25F3N2O4S. The van der Waals surface area contributed by atoms with E-state index in [1.807, 2.05) is 18.2 Å². The summed E-state index contributed by atoms with van der Waals surface area (Å²) in [7, 11) is 0. The zero-order valence-electron chi connectivity index (χ0n) is 17.9. The normalized spacial score (nSPS) is 17.4. The fourth-order valence-corrected chi connectivity index (χ4v) is 4.52. The summed E-state index contributed by atoms with van der Waals surface area (Å²) < 4.78 is 55.3. The molecule has 1 fully saturated rings. The molecule has 2 aliphatic heterocycles. The highest BCUT2D eigenvalue weighted by Gasteiger charge is 2.31. The lowest BCUT2D eigenvalue weighted by Crippen LogP contribution is -2.44. The molecule has 2 aromatic carbocycles. The molecule has 1 atom stereocenters. The molecule has 178 valence electrons. The number of alkyl halides is 3. The lowest BCUT2D eigenvalue weighted by molar-refractivity contribution is -0.137. The van der Waals surface area contributed by atoms with Crippen molar-refractivity contribution in [3.63, 3.8) is 0 Å². The Labute approximate surface area is 194 Å². The molecule has 4 rings (SSSR count). The number of carbonyl (C=O) groups excluding carboxylic acids is 1. The Morgan fingerprint density at radius 3 is 2.39 bits per heavy atom. The zero-order chi connectivity index (χ0) is 23.3. The van der Waals surface area contributed by atoms with E-state index in [0.717, 1.165) is 22.6 Å². The predicted molar refractivity (Wildman–Crippen MR) is 118 cm³/mol. The summed E-state index contributed by atoms with van der Waals surface area (Å²) in [6.07, 6.45) is -4.38. The summed E-state index contributed by atoms with van der Waals surface area (Å²) in [4.78, 5) is 15.5. The molecular weight excluding hydrogens is 457 g/mol. The van der Waals surface area contributed by atoms with Crippen molar-refractivity contribution in [3.8, 4) is 11.5 Å². The molecule has 0 bridgehead atoms. The summed E-state index contributed by atoms with van der Waals surface area (Å²) in [6, 6.07) is 10.5. The van der Waals surface area contributed by atoms with E-state index in [1.165, 1.54) is 23.9 Å². The molecule has 2 aliphatic rings. The van der Waals surface area contributed by atoms with Gasteiger partial charge in [0.05, 0.1) is 30.6 Å². The highest BCUT2D eigenvalue weighted by atomic mass is 32.2. The van der Waals surface area contributed by atoms with Gasteiger partial charge in [-0.25, -0.2) is 0 Å². The molecule has 33 heavy (non-hydrogen) atoms. The number of fused-ring (bicyclic) bond motifs is 1.